The van der Waals surface area contributed by atoms with Crippen molar-refractivity contribution >= 4 is 35.8 Å². The maximum atomic E-state index is 12.8. The van der Waals surface area contributed by atoms with Gasteiger partial charge in [-0.1, -0.05) is 12.1 Å². The van der Waals surface area contributed by atoms with Gasteiger partial charge in [-0.05, 0) is 70.7 Å². The van der Waals surface area contributed by atoms with E-state index in [2.05, 4.69) is 15.6 Å². The van der Waals surface area contributed by atoms with Crippen molar-refractivity contribution in [3.05, 3.63) is 58.5 Å². The molecule has 1 aliphatic rings. The molecular formula is C25H37IN4O3. The van der Waals surface area contributed by atoms with Crippen molar-refractivity contribution in [3.8, 4) is 0 Å². The largest absolute Gasteiger partial charge is 0.466 e. The number of nitrogens with one attached hydrogen (secondary N) is 2. The van der Waals surface area contributed by atoms with Gasteiger partial charge in [-0.15, -0.1) is 24.0 Å². The number of likely N-dealkylation sites (tertiary alicyclic amines) is 1. The lowest BCUT2D eigenvalue weighted by Crippen LogP contribution is -2.44. The number of hydrogen-bond donors (Lipinski definition) is 3. The summed E-state index contributed by atoms with van der Waals surface area (Å²) in [4.78, 5) is 19.4. The highest BCUT2D eigenvalue weighted by Gasteiger charge is 2.28. The number of carbonyl (C=O) groups excluding carboxylic acids is 1. The lowest BCUT2D eigenvalue weighted by molar-refractivity contribution is 0.0601. The third-order valence-corrected chi connectivity index (χ3v) is 5.80. The van der Waals surface area contributed by atoms with Crippen LogP contribution < -0.4 is 10.6 Å². The van der Waals surface area contributed by atoms with Gasteiger partial charge in [0.05, 0.1) is 13.1 Å². The first kappa shape index (κ1) is 27.2. The van der Waals surface area contributed by atoms with Gasteiger partial charge in [-0.3, -0.25) is 4.79 Å². The van der Waals surface area contributed by atoms with Crippen LogP contribution in [0.3, 0.4) is 0 Å². The summed E-state index contributed by atoms with van der Waals surface area (Å²) in [6, 6.07) is 9.56. The van der Waals surface area contributed by atoms with E-state index in [1.165, 1.54) is 6.42 Å². The Bertz CT molecular complexity index is 949. The number of halogens is 1. The number of aliphatic imine (C=N–C) groups is 1. The molecule has 3 N–H and O–H groups in total. The lowest BCUT2D eigenvalue weighted by Gasteiger charge is -2.26. The molecule has 1 aliphatic heterocycles. The molecule has 33 heavy (non-hydrogen) atoms. The van der Waals surface area contributed by atoms with Crippen molar-refractivity contribution < 1.29 is 14.3 Å². The summed E-state index contributed by atoms with van der Waals surface area (Å²) in [7, 11) is 0. The first-order valence-corrected chi connectivity index (χ1v) is 11.5. The normalized spacial score (nSPS) is 16.0. The molecule has 1 aromatic heterocycles. The average Bonchev–Trinajstić information content (AvgIpc) is 3.15. The second kappa shape index (κ2) is 12.4. The summed E-state index contributed by atoms with van der Waals surface area (Å²) < 4.78 is 5.57. The molecule has 2 aromatic rings. The van der Waals surface area contributed by atoms with Crippen LogP contribution in [0.15, 0.2) is 39.7 Å². The number of carbonyl (C=O) groups is 1. The Morgan fingerprint density at radius 1 is 1.18 bits per heavy atom. The van der Waals surface area contributed by atoms with Crippen LogP contribution in [0.5, 0.6) is 0 Å². The smallest absolute Gasteiger partial charge is 0.253 e. The fourth-order valence-corrected chi connectivity index (χ4v) is 4.11. The molecule has 1 aromatic carbocycles. The third-order valence-electron chi connectivity index (χ3n) is 5.80. The fraction of sp³-hybridized carbons (Fsp3) is 0.520. The molecule has 0 bridgehead atoms. The van der Waals surface area contributed by atoms with E-state index >= 15 is 0 Å². The number of nitrogens with zero attached hydrogens (tertiary/aromatic N) is 2. The van der Waals surface area contributed by atoms with Gasteiger partial charge in [0, 0.05) is 30.8 Å². The molecule has 2 heterocycles. The summed E-state index contributed by atoms with van der Waals surface area (Å²) >= 11 is 0. The van der Waals surface area contributed by atoms with E-state index in [-0.39, 0.29) is 36.4 Å². The number of aliphatic hydroxyl groups is 1. The molecule has 1 saturated heterocycles. The number of piperidine rings is 1. The fourth-order valence-electron chi connectivity index (χ4n) is 4.11. The molecule has 1 atom stereocenters. The predicted molar refractivity (Wildman–Crippen MR) is 142 cm³/mol. The molecule has 1 amide bonds. The maximum absolute atomic E-state index is 12.8. The van der Waals surface area contributed by atoms with Crippen LogP contribution in [0, 0.1) is 13.8 Å². The Morgan fingerprint density at radius 2 is 1.91 bits per heavy atom. The number of furan rings is 1. The van der Waals surface area contributed by atoms with E-state index in [0.29, 0.717) is 30.4 Å². The maximum Gasteiger partial charge on any atom is 0.253 e. The van der Waals surface area contributed by atoms with Crippen molar-refractivity contribution in [1.29, 1.82) is 0 Å². The van der Waals surface area contributed by atoms with Gasteiger partial charge in [0.2, 0.25) is 0 Å². The second-order valence-electron chi connectivity index (χ2n) is 8.70. The van der Waals surface area contributed by atoms with Crippen LogP contribution in [0.2, 0.25) is 0 Å². The van der Waals surface area contributed by atoms with Crippen LogP contribution in [0.25, 0.3) is 0 Å². The number of guanidine groups is 1. The highest BCUT2D eigenvalue weighted by Crippen LogP contribution is 2.26. The van der Waals surface area contributed by atoms with E-state index in [1.807, 2.05) is 56.0 Å². The monoisotopic (exact) mass is 568 g/mol. The first-order chi connectivity index (χ1) is 15.3. The number of aryl methyl sites for hydroxylation is 2. The van der Waals surface area contributed by atoms with E-state index in [9.17, 15) is 9.90 Å². The minimum absolute atomic E-state index is 0. The Morgan fingerprint density at radius 3 is 2.55 bits per heavy atom. The van der Waals surface area contributed by atoms with E-state index in [1.54, 1.807) is 6.92 Å². The van der Waals surface area contributed by atoms with Gasteiger partial charge in [-0.2, -0.15) is 0 Å². The molecule has 182 valence electrons. The molecule has 0 radical (unpaired) electrons. The SMILES string of the molecule is CCNC(=NCc1cccc(C(=O)N2CCCCC2)c1)NCC(C)(O)c1cc(C)oc1C.I. The van der Waals surface area contributed by atoms with Crippen molar-refractivity contribution in [2.75, 3.05) is 26.2 Å². The second-order valence-corrected chi connectivity index (χ2v) is 8.70. The third kappa shape index (κ3) is 7.46. The summed E-state index contributed by atoms with van der Waals surface area (Å²) in [6.45, 7) is 10.6. The average molecular weight is 569 g/mol. The van der Waals surface area contributed by atoms with E-state index < -0.39 is 5.60 Å². The van der Waals surface area contributed by atoms with E-state index in [0.717, 1.165) is 42.8 Å². The first-order valence-electron chi connectivity index (χ1n) is 11.5. The molecule has 0 saturated carbocycles. The Labute approximate surface area is 214 Å². The molecule has 0 spiro atoms. The zero-order valence-corrected chi connectivity index (χ0v) is 22.4. The standard InChI is InChI=1S/C25H36N4O3.HI/c1-5-26-24(28-17-25(4,31)22-14-18(2)32-19(22)3)27-16-20-10-9-11-21(15-20)23(30)29-12-7-6-8-13-29;/h9-11,14-15,31H,5-8,12-13,16-17H2,1-4H3,(H2,26,27,28);1H. The zero-order valence-electron chi connectivity index (χ0n) is 20.1. The summed E-state index contributed by atoms with van der Waals surface area (Å²) in [5, 5.41) is 17.4. The van der Waals surface area contributed by atoms with Gasteiger partial charge in [0.15, 0.2) is 5.96 Å². The van der Waals surface area contributed by atoms with Crippen LogP contribution in [0.4, 0.5) is 0 Å². The highest BCUT2D eigenvalue weighted by atomic mass is 127. The topological polar surface area (TPSA) is 90.1 Å². The van der Waals surface area contributed by atoms with Gasteiger partial charge in [-0.25, -0.2) is 4.99 Å². The van der Waals surface area contributed by atoms with Gasteiger partial charge >= 0.3 is 0 Å². The van der Waals surface area contributed by atoms with Crippen LogP contribution >= 0.6 is 24.0 Å². The minimum atomic E-state index is -1.10. The lowest BCUT2D eigenvalue weighted by atomic mass is 9.96. The van der Waals surface area contributed by atoms with Crippen LogP contribution in [-0.4, -0.2) is 48.1 Å². The molecule has 0 aliphatic carbocycles. The number of rotatable bonds is 7. The van der Waals surface area contributed by atoms with Crippen LogP contribution in [0.1, 0.15) is 66.1 Å². The van der Waals surface area contributed by atoms with Gasteiger partial charge in [0.25, 0.3) is 5.91 Å². The molecule has 1 fully saturated rings. The molecule has 3 rings (SSSR count). The summed E-state index contributed by atoms with van der Waals surface area (Å²) in [5.41, 5.74) is 1.35. The number of amides is 1. The van der Waals surface area contributed by atoms with Crippen molar-refractivity contribution in [3.63, 3.8) is 0 Å². The highest BCUT2D eigenvalue weighted by molar-refractivity contribution is 14.0. The van der Waals surface area contributed by atoms with Gasteiger partial charge in [0.1, 0.15) is 17.1 Å². The van der Waals surface area contributed by atoms with Crippen molar-refractivity contribution in [1.82, 2.24) is 15.5 Å². The van der Waals surface area contributed by atoms with Gasteiger partial charge < -0.3 is 25.1 Å². The van der Waals surface area contributed by atoms with Crippen molar-refractivity contribution in [2.45, 2.75) is 59.1 Å². The van der Waals surface area contributed by atoms with E-state index in [4.69, 9.17) is 4.42 Å². The van der Waals surface area contributed by atoms with Crippen molar-refractivity contribution in [2.24, 2.45) is 4.99 Å². The quantitative estimate of drug-likeness (QED) is 0.266. The number of hydrogen-bond acceptors (Lipinski definition) is 4. The predicted octanol–water partition coefficient (Wildman–Crippen LogP) is 4.10. The minimum Gasteiger partial charge on any atom is -0.466 e. The molecular weight excluding hydrogens is 531 g/mol. The Hall–Kier alpha value is -2.07. The Balaban J connectivity index is 0.00000385. The molecule has 8 heteroatoms. The molecule has 1 unspecified atom stereocenters. The molecule has 7 nitrogen and oxygen atoms in total. The summed E-state index contributed by atoms with van der Waals surface area (Å²) in [6.07, 6.45) is 3.36. The zero-order chi connectivity index (χ0) is 23.1. The van der Waals surface area contributed by atoms with Crippen LogP contribution in [-0.2, 0) is 12.1 Å². The summed E-state index contributed by atoms with van der Waals surface area (Å²) in [5.74, 6) is 2.20. The number of benzene rings is 1. The Kier molecular flexibility index (Phi) is 10.2.